The molecule has 2 N–H and O–H groups in total. The molecule has 3 fully saturated rings. The minimum atomic E-state index is -1.69. The average Bonchev–Trinajstić information content (AvgIpc) is 3.54. The normalized spacial score (nSPS) is 25.9. The first kappa shape index (κ1) is 35.3. The summed E-state index contributed by atoms with van der Waals surface area (Å²) in [6.07, 6.45) is 1.88. The fourth-order valence-electron chi connectivity index (χ4n) is 8.95. The van der Waals surface area contributed by atoms with Crippen molar-refractivity contribution in [1.29, 1.82) is 0 Å². The Morgan fingerprint density at radius 1 is 0.944 bits per heavy atom. The number of carbonyl (C=O) groups excluding carboxylic acids is 4. The van der Waals surface area contributed by atoms with Crippen LogP contribution in [-0.2, 0) is 24.6 Å². The highest BCUT2D eigenvalue weighted by Gasteiger charge is 2.70. The maximum Gasteiger partial charge on any atom is 0.271 e. The Hall–Kier alpha value is -5.79. The molecule has 4 aromatic rings. The fraction of sp³-hybridized carbons (Fsp3) is 0.231. The van der Waals surface area contributed by atoms with Crippen LogP contribution in [0, 0.1) is 39.6 Å². The number of carbonyl (C=O) groups is 4. The largest absolute Gasteiger partial charge is 0.503 e. The number of methoxy groups -OCH3 is 1. The van der Waals surface area contributed by atoms with Gasteiger partial charge in [-0.2, -0.15) is 5.01 Å². The smallest absolute Gasteiger partial charge is 0.271 e. The topological polar surface area (TPSA) is 159 Å². The summed E-state index contributed by atoms with van der Waals surface area (Å²) in [6.45, 7) is 0. The van der Waals surface area contributed by atoms with Gasteiger partial charge in [-0.05, 0) is 84.5 Å². The van der Waals surface area contributed by atoms with Crippen molar-refractivity contribution in [2.45, 2.75) is 24.2 Å². The number of phenolic OH excluding ortho intramolecular Hbond substituents is 1. The molecular weight excluding hydrogens is 742 g/mol. The fourth-order valence-corrected chi connectivity index (χ4v) is 9.29. The Kier molecular flexibility index (Phi) is 8.46. The number of anilines is 2. The number of phenols is 1. The molecule has 0 spiro atoms. The number of benzene rings is 4. The Balaban J connectivity index is 1.34. The van der Waals surface area contributed by atoms with Gasteiger partial charge in [0.1, 0.15) is 5.82 Å². The van der Waals surface area contributed by atoms with Crippen molar-refractivity contribution in [2.24, 2.45) is 23.7 Å². The number of nitrogens with zero attached hydrogens (tertiary/aromatic N) is 3. The van der Waals surface area contributed by atoms with Gasteiger partial charge in [0.2, 0.25) is 11.8 Å². The lowest BCUT2D eigenvalue weighted by Gasteiger charge is -2.50. The number of nitro groups is 1. The lowest BCUT2D eigenvalue weighted by Crippen LogP contribution is -2.53. The van der Waals surface area contributed by atoms with E-state index in [9.17, 15) is 34.0 Å². The van der Waals surface area contributed by atoms with Crippen LogP contribution in [0.5, 0.6) is 11.5 Å². The number of fused-ring (bicyclic) bond motifs is 4. The van der Waals surface area contributed by atoms with Crippen molar-refractivity contribution in [3.05, 3.63) is 134 Å². The SMILES string of the molecule is COc1cc([C@H]2C3=CC[C@@H]4C(=O)N(c5cccc([N+](=O)[O-])c5)C(=O)[C@@H]4[C@@H]3C[C@H]3C(=O)N(Nc4ccc(F)cc4)C(=O)[C@@]23c2ccc(Cl)cc2)cc(Cl)c1O. The molecular formula is C39H29Cl2FN4O8. The van der Waals surface area contributed by atoms with E-state index in [1.807, 2.05) is 6.08 Å². The number of rotatable bonds is 7. The number of imide groups is 2. The zero-order valence-corrected chi connectivity index (χ0v) is 29.8. The number of nitrogens with one attached hydrogen (secondary N) is 1. The Morgan fingerprint density at radius 3 is 2.35 bits per heavy atom. The van der Waals surface area contributed by atoms with Gasteiger partial charge >= 0.3 is 0 Å². The number of non-ortho nitro benzene ring substituents is 1. The molecule has 54 heavy (non-hydrogen) atoms. The van der Waals surface area contributed by atoms with Crippen molar-refractivity contribution in [2.75, 3.05) is 17.4 Å². The first-order chi connectivity index (χ1) is 25.9. The zero-order chi connectivity index (χ0) is 38.2. The van der Waals surface area contributed by atoms with E-state index in [-0.39, 0.29) is 46.4 Å². The molecule has 2 heterocycles. The second-order valence-electron chi connectivity index (χ2n) is 13.7. The number of hydrazine groups is 1. The van der Waals surface area contributed by atoms with Gasteiger partial charge in [-0.25, -0.2) is 9.29 Å². The third-order valence-electron chi connectivity index (χ3n) is 11.2. The summed E-state index contributed by atoms with van der Waals surface area (Å²) in [5.41, 5.74) is 2.61. The number of halogens is 3. The van der Waals surface area contributed by atoms with Crippen molar-refractivity contribution in [3.8, 4) is 11.5 Å². The van der Waals surface area contributed by atoms with E-state index in [0.29, 0.717) is 21.7 Å². The molecule has 4 aromatic carbocycles. The molecule has 0 unspecified atom stereocenters. The lowest BCUT2D eigenvalue weighted by molar-refractivity contribution is -0.384. The Labute approximate surface area is 316 Å². The van der Waals surface area contributed by atoms with Gasteiger partial charge < -0.3 is 9.84 Å². The Bertz CT molecular complexity index is 2320. The molecule has 2 saturated heterocycles. The quantitative estimate of drug-likeness (QED) is 0.0878. The van der Waals surface area contributed by atoms with E-state index in [1.165, 1.54) is 67.8 Å². The third kappa shape index (κ3) is 5.17. The van der Waals surface area contributed by atoms with Crippen LogP contribution in [0.4, 0.5) is 21.5 Å². The van der Waals surface area contributed by atoms with Crippen LogP contribution in [0.1, 0.15) is 29.9 Å². The highest BCUT2D eigenvalue weighted by Crippen LogP contribution is 2.65. The van der Waals surface area contributed by atoms with Crippen molar-refractivity contribution in [1.82, 2.24) is 5.01 Å². The van der Waals surface area contributed by atoms with E-state index < -0.39 is 69.4 Å². The van der Waals surface area contributed by atoms with Gasteiger partial charge in [-0.1, -0.05) is 53.1 Å². The molecule has 0 bridgehead atoms. The molecule has 1 saturated carbocycles. The number of hydrogen-bond acceptors (Lipinski definition) is 9. The monoisotopic (exact) mass is 770 g/mol. The maximum atomic E-state index is 15.3. The second kappa shape index (κ2) is 13.0. The Morgan fingerprint density at radius 2 is 1.67 bits per heavy atom. The van der Waals surface area contributed by atoms with Gasteiger partial charge in [-0.15, -0.1) is 0 Å². The summed E-state index contributed by atoms with van der Waals surface area (Å²) in [6, 6.07) is 19.9. The van der Waals surface area contributed by atoms with Crippen LogP contribution in [0.3, 0.4) is 0 Å². The number of ether oxygens (including phenoxy) is 1. The van der Waals surface area contributed by atoms with Gasteiger partial charge in [0.15, 0.2) is 11.5 Å². The molecule has 274 valence electrons. The van der Waals surface area contributed by atoms with Gasteiger partial charge in [0, 0.05) is 23.1 Å². The number of aromatic hydroxyl groups is 1. The summed E-state index contributed by atoms with van der Waals surface area (Å²) >= 11 is 12.9. The summed E-state index contributed by atoms with van der Waals surface area (Å²) in [5, 5.41) is 23.6. The molecule has 4 amide bonds. The third-order valence-corrected chi connectivity index (χ3v) is 11.7. The molecule has 4 aliphatic rings. The van der Waals surface area contributed by atoms with E-state index in [0.717, 1.165) is 9.91 Å². The van der Waals surface area contributed by atoms with Crippen molar-refractivity contribution < 1.29 is 38.3 Å². The molecule has 12 nitrogen and oxygen atoms in total. The van der Waals surface area contributed by atoms with Crippen LogP contribution >= 0.6 is 23.2 Å². The van der Waals surface area contributed by atoms with Crippen molar-refractivity contribution >= 4 is 63.9 Å². The van der Waals surface area contributed by atoms with Crippen LogP contribution in [0.25, 0.3) is 0 Å². The predicted octanol–water partition coefficient (Wildman–Crippen LogP) is 6.94. The molecule has 2 aliphatic carbocycles. The zero-order valence-electron chi connectivity index (χ0n) is 28.2. The van der Waals surface area contributed by atoms with E-state index in [1.54, 1.807) is 24.3 Å². The number of amides is 4. The van der Waals surface area contributed by atoms with Gasteiger partial charge in [0.05, 0.1) is 51.6 Å². The maximum absolute atomic E-state index is 15.3. The average molecular weight is 772 g/mol. The minimum Gasteiger partial charge on any atom is -0.503 e. The van der Waals surface area contributed by atoms with Crippen LogP contribution in [0.15, 0.2) is 96.6 Å². The number of nitro benzene ring substituents is 1. The highest BCUT2D eigenvalue weighted by molar-refractivity contribution is 6.32. The highest BCUT2D eigenvalue weighted by atomic mass is 35.5. The minimum absolute atomic E-state index is 0.00116. The van der Waals surface area contributed by atoms with Gasteiger partial charge in [0.25, 0.3) is 17.5 Å². The lowest BCUT2D eigenvalue weighted by atomic mass is 9.49. The number of hydrogen-bond donors (Lipinski definition) is 2. The molecule has 8 rings (SSSR count). The van der Waals surface area contributed by atoms with E-state index >= 15 is 4.79 Å². The number of allylic oxidation sites excluding steroid dienone is 2. The van der Waals surface area contributed by atoms with E-state index in [2.05, 4.69) is 5.43 Å². The molecule has 0 aromatic heterocycles. The van der Waals surface area contributed by atoms with E-state index in [4.69, 9.17) is 27.9 Å². The molecule has 15 heteroatoms. The first-order valence-corrected chi connectivity index (χ1v) is 17.7. The van der Waals surface area contributed by atoms with Crippen LogP contribution in [-0.4, -0.2) is 45.8 Å². The second-order valence-corrected chi connectivity index (χ2v) is 14.6. The molecule has 0 radical (unpaired) electrons. The summed E-state index contributed by atoms with van der Waals surface area (Å²) < 4.78 is 19.4. The first-order valence-electron chi connectivity index (χ1n) is 16.9. The van der Waals surface area contributed by atoms with Crippen LogP contribution in [0.2, 0.25) is 10.0 Å². The summed E-state index contributed by atoms with van der Waals surface area (Å²) in [4.78, 5) is 70.6. The van der Waals surface area contributed by atoms with Gasteiger partial charge in [-0.3, -0.25) is 34.7 Å². The molecule has 2 aliphatic heterocycles. The summed E-state index contributed by atoms with van der Waals surface area (Å²) in [7, 11) is 1.34. The predicted molar refractivity (Wildman–Crippen MR) is 194 cm³/mol. The van der Waals surface area contributed by atoms with Crippen LogP contribution < -0.4 is 15.1 Å². The summed E-state index contributed by atoms with van der Waals surface area (Å²) in [5.74, 6) is -8.02. The standard InChI is InChI=1S/C39H29Cl2FN4O8/c1-54-31-16-19(15-30(41)34(31)47)33-26-13-14-27-32(37(50)44(35(27)48)24-3-2-4-25(17-24)46(52)53)28(26)18-29-36(49)45(43-23-11-9-22(42)10-12-23)38(51)39(29,33)20-5-7-21(40)8-6-20/h2-13,15-17,27-29,32-33,43,47H,14,18H2,1H3/t27-,28+,29-,32-,33-,39+/m0/s1. The van der Waals surface area contributed by atoms with Crippen molar-refractivity contribution in [3.63, 3.8) is 0 Å². The molecule has 6 atom stereocenters.